The molecule has 0 amide bonds. The van der Waals surface area contributed by atoms with Crippen molar-refractivity contribution in [3.63, 3.8) is 0 Å². The average molecular weight is 165 g/mol. The van der Waals surface area contributed by atoms with Gasteiger partial charge in [0.25, 0.3) is 8.32 Å². The largest absolute Gasteiger partial charge is 0.471 e. The number of hydrogen-bond acceptors (Lipinski definition) is 2. The van der Waals surface area contributed by atoms with Crippen molar-refractivity contribution in [2.24, 2.45) is 0 Å². The summed E-state index contributed by atoms with van der Waals surface area (Å²) >= 11 is 0. The molecule has 0 saturated carbocycles. The zero-order valence-electron chi connectivity index (χ0n) is 6.59. The van der Waals surface area contributed by atoms with Crippen molar-refractivity contribution < 1.29 is 9.21 Å². The Kier molecular flexibility index (Phi) is 3.91. The minimum absolute atomic E-state index is 0. The fraction of sp³-hybridized carbons (Fsp3) is 0.333. The van der Waals surface area contributed by atoms with E-state index in [0.29, 0.717) is 0 Å². The molecule has 0 unspecified atom stereocenters. The molecule has 51 valence electrons. The quantitative estimate of drug-likeness (QED) is 0.607. The van der Waals surface area contributed by atoms with Gasteiger partial charge in [-0.05, 0) is 25.2 Å². The first-order valence-corrected chi connectivity index (χ1v) is 5.82. The van der Waals surface area contributed by atoms with Crippen molar-refractivity contribution >= 4 is 43.3 Å². The third-order valence-electron chi connectivity index (χ3n) is 1.12. The molecule has 0 saturated heterocycles. The molecular formula is C6H10NaO2Si. The van der Waals surface area contributed by atoms with Crippen LogP contribution in [0.3, 0.4) is 0 Å². The standard InChI is InChI=1S/C6H10O2Si.Na/c1-9(2,7)6-4-3-5-8-6;/h3-5,7H,1-2H3;. The SMILES string of the molecule is C[Si](C)(O)c1ccco1.[Na]. The summed E-state index contributed by atoms with van der Waals surface area (Å²) in [4.78, 5) is 9.42. The van der Waals surface area contributed by atoms with E-state index < -0.39 is 8.32 Å². The maximum atomic E-state index is 9.42. The van der Waals surface area contributed by atoms with Crippen LogP contribution in [0.25, 0.3) is 0 Å². The van der Waals surface area contributed by atoms with Crippen molar-refractivity contribution in [1.29, 1.82) is 0 Å². The summed E-state index contributed by atoms with van der Waals surface area (Å²) in [6.45, 7) is 3.65. The van der Waals surface area contributed by atoms with Crippen LogP contribution in [0, 0.1) is 0 Å². The molecule has 0 aliphatic carbocycles. The van der Waals surface area contributed by atoms with Gasteiger partial charge in [0.1, 0.15) is 5.38 Å². The topological polar surface area (TPSA) is 33.4 Å². The van der Waals surface area contributed by atoms with Gasteiger partial charge >= 0.3 is 0 Å². The summed E-state index contributed by atoms with van der Waals surface area (Å²) in [6.07, 6.45) is 1.58. The predicted octanol–water partition coefficient (Wildman–Crippen LogP) is 0.303. The summed E-state index contributed by atoms with van der Waals surface area (Å²) in [5, 5.41) is 0.738. The molecule has 10 heavy (non-hydrogen) atoms. The van der Waals surface area contributed by atoms with Gasteiger partial charge in [-0.1, -0.05) is 0 Å². The predicted molar refractivity (Wildman–Crippen MR) is 43.8 cm³/mol. The molecule has 2 nitrogen and oxygen atoms in total. The molecule has 1 rings (SSSR count). The van der Waals surface area contributed by atoms with Crippen LogP contribution in [0.4, 0.5) is 0 Å². The first-order valence-electron chi connectivity index (χ1n) is 2.87. The zero-order valence-corrected chi connectivity index (χ0v) is 9.59. The van der Waals surface area contributed by atoms with Crippen molar-refractivity contribution in [3.05, 3.63) is 18.4 Å². The summed E-state index contributed by atoms with van der Waals surface area (Å²) < 4.78 is 5.01. The Morgan fingerprint density at radius 1 is 1.50 bits per heavy atom. The van der Waals surface area contributed by atoms with Gasteiger partial charge in [-0.2, -0.15) is 0 Å². The first-order chi connectivity index (χ1) is 4.11. The zero-order chi connectivity index (χ0) is 6.91. The van der Waals surface area contributed by atoms with Crippen molar-refractivity contribution in [2.75, 3.05) is 0 Å². The molecule has 1 aromatic heterocycles. The Bertz CT molecular complexity index is 178. The van der Waals surface area contributed by atoms with Gasteiger partial charge in [0.05, 0.1) is 6.26 Å². The maximum absolute atomic E-state index is 9.42. The van der Waals surface area contributed by atoms with E-state index in [4.69, 9.17) is 4.42 Å². The molecule has 0 aromatic carbocycles. The number of hydrogen-bond donors (Lipinski definition) is 1. The Balaban J connectivity index is 0.000000810. The Hall–Kier alpha value is 0.457. The van der Waals surface area contributed by atoms with Gasteiger partial charge in [0, 0.05) is 29.6 Å². The normalized spacial score (nSPS) is 10.7. The fourth-order valence-corrected chi connectivity index (χ4v) is 1.49. The monoisotopic (exact) mass is 165 g/mol. The van der Waals surface area contributed by atoms with E-state index >= 15 is 0 Å². The van der Waals surface area contributed by atoms with E-state index in [1.54, 1.807) is 12.3 Å². The molecule has 1 radical (unpaired) electrons. The third-order valence-corrected chi connectivity index (χ3v) is 2.61. The molecule has 0 spiro atoms. The van der Waals surface area contributed by atoms with Crippen LogP contribution in [0.2, 0.25) is 13.1 Å². The van der Waals surface area contributed by atoms with E-state index in [9.17, 15) is 4.80 Å². The van der Waals surface area contributed by atoms with Crippen LogP contribution < -0.4 is 5.38 Å². The Morgan fingerprint density at radius 2 is 2.10 bits per heavy atom. The Labute approximate surface area is 83.7 Å². The van der Waals surface area contributed by atoms with Gasteiger partial charge in [0.15, 0.2) is 0 Å². The third kappa shape index (κ3) is 2.60. The molecular weight excluding hydrogens is 155 g/mol. The summed E-state index contributed by atoms with van der Waals surface area (Å²) in [7, 11) is -2.15. The molecule has 4 heteroatoms. The van der Waals surface area contributed by atoms with Gasteiger partial charge in [-0.25, -0.2) is 0 Å². The first kappa shape index (κ1) is 10.5. The number of furan rings is 1. The average Bonchev–Trinajstić information content (AvgIpc) is 2.08. The van der Waals surface area contributed by atoms with Gasteiger partial charge < -0.3 is 9.21 Å². The van der Waals surface area contributed by atoms with Crippen molar-refractivity contribution in [2.45, 2.75) is 13.1 Å². The smallest absolute Gasteiger partial charge is 0.254 e. The summed E-state index contributed by atoms with van der Waals surface area (Å²) in [6, 6.07) is 3.60. The van der Waals surface area contributed by atoms with Crippen LogP contribution >= 0.6 is 0 Å². The van der Waals surface area contributed by atoms with Crippen molar-refractivity contribution in [3.8, 4) is 0 Å². The maximum Gasteiger partial charge on any atom is 0.254 e. The number of rotatable bonds is 1. The van der Waals surface area contributed by atoms with Crippen LogP contribution in [0.1, 0.15) is 0 Å². The summed E-state index contributed by atoms with van der Waals surface area (Å²) in [5.41, 5.74) is 0. The molecule has 1 N–H and O–H groups in total. The van der Waals surface area contributed by atoms with E-state index in [2.05, 4.69) is 0 Å². The fourth-order valence-electron chi connectivity index (χ4n) is 0.627. The van der Waals surface area contributed by atoms with E-state index in [1.165, 1.54) is 0 Å². The van der Waals surface area contributed by atoms with Crippen LogP contribution in [0.15, 0.2) is 22.8 Å². The van der Waals surface area contributed by atoms with Gasteiger partial charge in [-0.3, -0.25) is 0 Å². The second-order valence-electron chi connectivity index (χ2n) is 2.54. The van der Waals surface area contributed by atoms with Gasteiger partial charge in [0.2, 0.25) is 0 Å². The molecule has 0 bridgehead atoms. The molecule has 1 aromatic rings. The van der Waals surface area contributed by atoms with Crippen LogP contribution in [-0.2, 0) is 0 Å². The minimum atomic E-state index is -2.15. The van der Waals surface area contributed by atoms with E-state index in [0.717, 1.165) is 5.38 Å². The molecule has 1 heterocycles. The van der Waals surface area contributed by atoms with Gasteiger partial charge in [-0.15, -0.1) is 0 Å². The van der Waals surface area contributed by atoms with E-state index in [-0.39, 0.29) is 29.6 Å². The second kappa shape index (κ2) is 3.73. The molecule has 0 atom stereocenters. The van der Waals surface area contributed by atoms with E-state index in [1.807, 2.05) is 19.2 Å². The van der Waals surface area contributed by atoms with Crippen LogP contribution in [0.5, 0.6) is 0 Å². The van der Waals surface area contributed by atoms with Crippen LogP contribution in [-0.4, -0.2) is 42.7 Å². The Morgan fingerprint density at radius 3 is 2.30 bits per heavy atom. The summed E-state index contributed by atoms with van der Waals surface area (Å²) in [5.74, 6) is 0. The molecule has 0 fully saturated rings. The molecule has 0 aliphatic rings. The molecule has 0 aliphatic heterocycles. The minimum Gasteiger partial charge on any atom is -0.471 e. The second-order valence-corrected chi connectivity index (χ2v) is 6.15. The van der Waals surface area contributed by atoms with Crippen molar-refractivity contribution in [1.82, 2.24) is 0 Å².